The van der Waals surface area contributed by atoms with Crippen LogP contribution in [0.25, 0.3) is 6.08 Å². The van der Waals surface area contributed by atoms with Gasteiger partial charge in [-0.3, -0.25) is 0 Å². The molecule has 1 aromatic carbocycles. The highest BCUT2D eigenvalue weighted by Crippen LogP contribution is 2.31. The van der Waals surface area contributed by atoms with Crippen LogP contribution in [-0.2, 0) is 11.2 Å². The standard InChI is InChI=1S/C15H23NO3S.ClH/c1-11(16)7-13-9-14(18-3)12(8-15(13)19-4)5-6-20-10-17-2;/h5-6,8-9,11H,7,10,16H2,1-4H3;1H/b6-5+;/t11-;/m1./s1. The predicted molar refractivity (Wildman–Crippen MR) is 92.6 cm³/mol. The van der Waals surface area contributed by atoms with Gasteiger partial charge in [-0.05, 0) is 42.5 Å². The molecule has 0 fully saturated rings. The van der Waals surface area contributed by atoms with E-state index in [0.29, 0.717) is 5.94 Å². The summed E-state index contributed by atoms with van der Waals surface area (Å²) in [7, 11) is 5.00. The Morgan fingerprint density at radius 2 is 1.86 bits per heavy atom. The van der Waals surface area contributed by atoms with E-state index in [9.17, 15) is 0 Å². The molecule has 21 heavy (non-hydrogen) atoms. The second-order valence-electron chi connectivity index (χ2n) is 4.46. The number of halogens is 1. The van der Waals surface area contributed by atoms with Crippen LogP contribution in [-0.4, -0.2) is 33.3 Å². The lowest BCUT2D eigenvalue weighted by Gasteiger charge is -2.14. The van der Waals surface area contributed by atoms with Crippen LogP contribution in [0.15, 0.2) is 17.5 Å². The topological polar surface area (TPSA) is 53.7 Å². The van der Waals surface area contributed by atoms with Crippen molar-refractivity contribution in [2.24, 2.45) is 5.73 Å². The first kappa shape index (κ1) is 20.1. The van der Waals surface area contributed by atoms with E-state index in [-0.39, 0.29) is 18.4 Å². The highest BCUT2D eigenvalue weighted by molar-refractivity contribution is 8.02. The minimum absolute atomic E-state index is 0. The van der Waals surface area contributed by atoms with Gasteiger partial charge in [0.15, 0.2) is 0 Å². The average Bonchev–Trinajstić information content (AvgIpc) is 2.43. The summed E-state index contributed by atoms with van der Waals surface area (Å²) in [6, 6.07) is 4.04. The summed E-state index contributed by atoms with van der Waals surface area (Å²) in [5.41, 5.74) is 7.89. The number of methoxy groups -OCH3 is 3. The summed E-state index contributed by atoms with van der Waals surface area (Å²) >= 11 is 1.58. The maximum Gasteiger partial charge on any atom is 0.126 e. The SMILES string of the molecule is COCS/C=C/c1cc(OC)c(C[C@@H](C)N)cc1OC.Cl. The smallest absolute Gasteiger partial charge is 0.126 e. The molecule has 4 nitrogen and oxygen atoms in total. The average molecular weight is 334 g/mol. The minimum Gasteiger partial charge on any atom is -0.496 e. The van der Waals surface area contributed by atoms with Gasteiger partial charge in [-0.15, -0.1) is 24.2 Å². The summed E-state index contributed by atoms with van der Waals surface area (Å²) in [5, 5.41) is 1.98. The Morgan fingerprint density at radius 3 is 2.38 bits per heavy atom. The first-order valence-electron chi connectivity index (χ1n) is 6.40. The molecule has 0 aromatic heterocycles. The second kappa shape index (κ2) is 10.8. The van der Waals surface area contributed by atoms with Gasteiger partial charge in [0.25, 0.3) is 0 Å². The number of nitrogens with two attached hydrogens (primary N) is 1. The fourth-order valence-electron chi connectivity index (χ4n) is 1.85. The highest BCUT2D eigenvalue weighted by Gasteiger charge is 2.11. The summed E-state index contributed by atoms with van der Waals surface area (Å²) in [6.07, 6.45) is 2.74. The number of benzene rings is 1. The molecule has 0 unspecified atom stereocenters. The van der Waals surface area contributed by atoms with E-state index < -0.39 is 0 Å². The van der Waals surface area contributed by atoms with Gasteiger partial charge in [0.2, 0.25) is 0 Å². The van der Waals surface area contributed by atoms with Crippen molar-refractivity contribution in [2.45, 2.75) is 19.4 Å². The van der Waals surface area contributed by atoms with E-state index in [4.69, 9.17) is 19.9 Å². The largest absolute Gasteiger partial charge is 0.496 e. The molecule has 1 aromatic rings. The molecule has 0 saturated heterocycles. The van der Waals surface area contributed by atoms with Gasteiger partial charge in [0.1, 0.15) is 11.5 Å². The molecule has 0 radical (unpaired) electrons. The summed E-state index contributed by atoms with van der Waals surface area (Å²) in [6.45, 7) is 1.97. The van der Waals surface area contributed by atoms with Crippen LogP contribution < -0.4 is 15.2 Å². The van der Waals surface area contributed by atoms with Gasteiger partial charge >= 0.3 is 0 Å². The first-order chi connectivity index (χ1) is 9.62. The van der Waals surface area contributed by atoms with Crippen LogP contribution >= 0.6 is 24.2 Å². The van der Waals surface area contributed by atoms with Crippen LogP contribution in [0.1, 0.15) is 18.1 Å². The molecule has 2 N–H and O–H groups in total. The van der Waals surface area contributed by atoms with Crippen molar-refractivity contribution in [1.29, 1.82) is 0 Å². The monoisotopic (exact) mass is 333 g/mol. The van der Waals surface area contributed by atoms with E-state index >= 15 is 0 Å². The molecule has 0 spiro atoms. The van der Waals surface area contributed by atoms with Crippen molar-refractivity contribution in [3.8, 4) is 11.5 Å². The number of thioether (sulfide) groups is 1. The van der Waals surface area contributed by atoms with E-state index in [1.54, 1.807) is 33.1 Å². The molecule has 0 aliphatic carbocycles. The Kier molecular flexibility index (Phi) is 10.3. The van der Waals surface area contributed by atoms with Crippen molar-refractivity contribution < 1.29 is 14.2 Å². The molecule has 120 valence electrons. The second-order valence-corrected chi connectivity index (χ2v) is 5.30. The van der Waals surface area contributed by atoms with Gasteiger partial charge < -0.3 is 19.9 Å². The molecular formula is C15H24ClNO3S. The Balaban J connectivity index is 0.00000400. The normalized spacial score (nSPS) is 12.0. The Labute approximate surface area is 137 Å². The lowest BCUT2D eigenvalue weighted by Crippen LogP contribution is -2.18. The quantitative estimate of drug-likeness (QED) is 0.584. The third-order valence-corrected chi connectivity index (χ3v) is 3.40. The maximum atomic E-state index is 5.86. The molecule has 0 bridgehead atoms. The van der Waals surface area contributed by atoms with Crippen molar-refractivity contribution in [3.63, 3.8) is 0 Å². The van der Waals surface area contributed by atoms with E-state index in [0.717, 1.165) is 29.0 Å². The Morgan fingerprint density at radius 1 is 1.19 bits per heavy atom. The fraction of sp³-hybridized carbons (Fsp3) is 0.467. The molecule has 0 aliphatic rings. The predicted octanol–water partition coefficient (Wildman–Crippen LogP) is 3.32. The van der Waals surface area contributed by atoms with Crippen molar-refractivity contribution in [2.75, 3.05) is 27.3 Å². The Bertz CT molecular complexity index is 453. The van der Waals surface area contributed by atoms with E-state index in [2.05, 4.69) is 0 Å². The maximum absolute atomic E-state index is 5.86. The number of hydrogen-bond donors (Lipinski definition) is 1. The molecule has 6 heteroatoms. The van der Waals surface area contributed by atoms with E-state index in [1.807, 2.05) is 30.5 Å². The van der Waals surface area contributed by atoms with Crippen LogP contribution in [0.2, 0.25) is 0 Å². The van der Waals surface area contributed by atoms with Gasteiger partial charge in [-0.2, -0.15) is 0 Å². The molecule has 0 amide bonds. The minimum atomic E-state index is 0. The van der Waals surface area contributed by atoms with Gasteiger partial charge in [-0.25, -0.2) is 0 Å². The number of ether oxygens (including phenoxy) is 3. The molecule has 1 atom stereocenters. The van der Waals surface area contributed by atoms with Crippen molar-refractivity contribution in [1.82, 2.24) is 0 Å². The molecule has 0 saturated carbocycles. The van der Waals surface area contributed by atoms with Crippen LogP contribution in [0.4, 0.5) is 0 Å². The van der Waals surface area contributed by atoms with Gasteiger partial charge in [-0.1, -0.05) is 0 Å². The third-order valence-electron chi connectivity index (χ3n) is 2.70. The third kappa shape index (κ3) is 6.61. The lowest BCUT2D eigenvalue weighted by atomic mass is 10.0. The zero-order valence-corrected chi connectivity index (χ0v) is 14.6. The molecule has 0 aliphatic heterocycles. The summed E-state index contributed by atoms with van der Waals surface area (Å²) in [5.74, 6) is 2.27. The summed E-state index contributed by atoms with van der Waals surface area (Å²) in [4.78, 5) is 0. The van der Waals surface area contributed by atoms with Crippen LogP contribution in [0.5, 0.6) is 11.5 Å². The number of hydrogen-bond acceptors (Lipinski definition) is 5. The fourth-order valence-corrected chi connectivity index (χ4v) is 2.31. The zero-order chi connectivity index (χ0) is 15.0. The highest BCUT2D eigenvalue weighted by atomic mass is 35.5. The Hall–Kier alpha value is -0.880. The molecule has 0 heterocycles. The van der Waals surface area contributed by atoms with Gasteiger partial charge in [0.05, 0.1) is 20.2 Å². The van der Waals surface area contributed by atoms with E-state index in [1.165, 1.54) is 0 Å². The molecular weight excluding hydrogens is 310 g/mol. The van der Waals surface area contributed by atoms with Crippen LogP contribution in [0, 0.1) is 0 Å². The summed E-state index contributed by atoms with van der Waals surface area (Å²) < 4.78 is 15.9. The number of rotatable bonds is 8. The van der Waals surface area contributed by atoms with Crippen LogP contribution in [0.3, 0.4) is 0 Å². The van der Waals surface area contributed by atoms with Crippen molar-refractivity contribution in [3.05, 3.63) is 28.7 Å². The molecule has 1 rings (SSSR count). The lowest BCUT2D eigenvalue weighted by molar-refractivity contribution is 0.259. The first-order valence-corrected chi connectivity index (χ1v) is 7.44. The van der Waals surface area contributed by atoms with Gasteiger partial charge in [0, 0.05) is 18.7 Å². The zero-order valence-electron chi connectivity index (χ0n) is 12.9. The van der Waals surface area contributed by atoms with Crippen molar-refractivity contribution >= 4 is 30.2 Å².